The van der Waals surface area contributed by atoms with Crippen molar-refractivity contribution < 1.29 is 51.2 Å². The quantitative estimate of drug-likeness (QED) is 0.0273. The molecular formula is C52H64F4N3O6+. The number of unbranched alkanes of at least 4 members (excludes halogenated alkanes) is 6. The second-order valence-electron chi connectivity index (χ2n) is 17.4. The minimum absolute atomic E-state index is 0.0526. The maximum absolute atomic E-state index is 14.7. The van der Waals surface area contributed by atoms with Gasteiger partial charge in [0, 0.05) is 66.9 Å². The first-order valence-corrected chi connectivity index (χ1v) is 22.5. The van der Waals surface area contributed by atoms with E-state index >= 15 is 0 Å². The van der Waals surface area contributed by atoms with Crippen LogP contribution < -0.4 is 15.0 Å². The predicted octanol–water partition coefficient (Wildman–Crippen LogP) is 11.7. The molecular weight excluding hydrogens is 839 g/mol. The fraction of sp³-hybridized carbons (Fsp3) is 0.442. The minimum Gasteiger partial charge on any atom is -0.475 e. The number of carboxylic acid groups (broad SMARTS) is 1. The zero-order chi connectivity index (χ0) is 47.8. The molecule has 3 aromatic carbocycles. The highest BCUT2D eigenvalue weighted by Gasteiger charge is 2.43. The SMILES string of the molecule is CCC(=O)Oc1ccc(C(F)C(=O)CCCCCCCNC(=O)CCCCCN2C(=CC=CC=CC3=[N+](C)c4ccccc4C3(C)C)C(C)(C)c3ccccc32)cc1.O=C(O)C(F)(F)F. The average molecular weight is 903 g/mol. The average Bonchev–Trinajstić information content (AvgIpc) is 3.61. The molecule has 1 atom stereocenters. The Morgan fingerprint density at radius 3 is 2.05 bits per heavy atom. The van der Waals surface area contributed by atoms with Gasteiger partial charge < -0.3 is 20.1 Å². The first kappa shape index (κ1) is 51.8. The van der Waals surface area contributed by atoms with E-state index in [1.165, 1.54) is 58.2 Å². The van der Waals surface area contributed by atoms with Crippen LogP contribution in [0, 0.1) is 0 Å². The van der Waals surface area contributed by atoms with Gasteiger partial charge in [0.2, 0.25) is 11.6 Å². The van der Waals surface area contributed by atoms with Crippen LogP contribution >= 0.6 is 0 Å². The topological polar surface area (TPSA) is 116 Å². The summed E-state index contributed by atoms with van der Waals surface area (Å²) in [6, 6.07) is 23.3. The van der Waals surface area contributed by atoms with Crippen molar-refractivity contribution in [1.82, 2.24) is 5.32 Å². The number of alkyl halides is 4. The molecule has 0 saturated carbocycles. The highest BCUT2D eigenvalue weighted by Crippen LogP contribution is 2.47. The number of carboxylic acids is 1. The van der Waals surface area contributed by atoms with E-state index < -0.39 is 24.1 Å². The molecule has 2 aliphatic heterocycles. The molecule has 350 valence electrons. The van der Waals surface area contributed by atoms with Gasteiger partial charge in [0.05, 0.1) is 5.41 Å². The van der Waals surface area contributed by atoms with Gasteiger partial charge in [-0.2, -0.15) is 17.7 Å². The number of anilines is 1. The van der Waals surface area contributed by atoms with Crippen LogP contribution in [0.15, 0.2) is 109 Å². The summed E-state index contributed by atoms with van der Waals surface area (Å²) in [6.07, 6.45) is 12.2. The molecule has 0 spiro atoms. The minimum atomic E-state index is -5.08. The van der Waals surface area contributed by atoms with E-state index in [2.05, 4.69) is 128 Å². The number of nitrogens with one attached hydrogen (secondary N) is 1. The highest BCUT2D eigenvalue weighted by molar-refractivity contribution is 6.03. The van der Waals surface area contributed by atoms with Crippen LogP contribution in [0.1, 0.15) is 128 Å². The Morgan fingerprint density at radius 2 is 1.38 bits per heavy atom. The van der Waals surface area contributed by atoms with Crippen LogP contribution in [-0.2, 0) is 30.0 Å². The van der Waals surface area contributed by atoms with Crippen molar-refractivity contribution in [3.8, 4) is 5.75 Å². The zero-order valence-corrected chi connectivity index (χ0v) is 38.5. The number of aliphatic carboxylic acids is 1. The van der Waals surface area contributed by atoms with E-state index in [1.54, 1.807) is 6.92 Å². The van der Waals surface area contributed by atoms with Crippen molar-refractivity contribution in [1.29, 1.82) is 0 Å². The fourth-order valence-corrected chi connectivity index (χ4v) is 8.27. The number of allylic oxidation sites excluding steroid dienone is 6. The van der Waals surface area contributed by atoms with E-state index in [-0.39, 0.29) is 41.1 Å². The smallest absolute Gasteiger partial charge is 0.475 e. The molecule has 0 aromatic heterocycles. The van der Waals surface area contributed by atoms with Gasteiger partial charge in [-0.3, -0.25) is 14.4 Å². The number of para-hydroxylation sites is 2. The number of carbonyl (C=O) groups is 4. The lowest BCUT2D eigenvalue weighted by atomic mass is 9.81. The molecule has 9 nitrogen and oxygen atoms in total. The first-order valence-electron chi connectivity index (χ1n) is 22.5. The second-order valence-corrected chi connectivity index (χ2v) is 17.4. The largest absolute Gasteiger partial charge is 0.490 e. The van der Waals surface area contributed by atoms with Gasteiger partial charge in [-0.25, -0.2) is 9.18 Å². The summed E-state index contributed by atoms with van der Waals surface area (Å²) in [5.74, 6) is -3.12. The molecule has 1 amide bonds. The number of nitrogens with zero attached hydrogens (tertiary/aromatic N) is 2. The lowest BCUT2D eigenvalue weighted by Crippen LogP contribution is -2.27. The summed E-state index contributed by atoms with van der Waals surface area (Å²) in [5, 5.41) is 10.2. The normalized spacial score (nSPS) is 16.0. The number of ketones is 1. The van der Waals surface area contributed by atoms with Gasteiger partial charge in [-0.05, 0) is 74.9 Å². The Balaban J connectivity index is 0.00000122. The number of rotatable bonds is 21. The summed E-state index contributed by atoms with van der Waals surface area (Å²) in [5.41, 5.74) is 7.89. The van der Waals surface area contributed by atoms with E-state index in [0.717, 1.165) is 51.5 Å². The maximum atomic E-state index is 14.7. The molecule has 65 heavy (non-hydrogen) atoms. The molecule has 13 heteroatoms. The van der Waals surface area contributed by atoms with Crippen molar-refractivity contribution in [3.63, 3.8) is 0 Å². The van der Waals surface area contributed by atoms with E-state index in [9.17, 15) is 31.9 Å². The maximum Gasteiger partial charge on any atom is 0.490 e. The van der Waals surface area contributed by atoms with Crippen LogP contribution in [0.2, 0.25) is 0 Å². The third-order valence-corrected chi connectivity index (χ3v) is 11.9. The van der Waals surface area contributed by atoms with Gasteiger partial charge in [-0.1, -0.05) is 113 Å². The Kier molecular flexibility index (Phi) is 19.0. The number of benzene rings is 3. The number of Topliss-reactive ketones (excluding diaryl/α,β-unsaturated/α-hetero) is 1. The molecule has 1 unspecified atom stereocenters. The summed E-state index contributed by atoms with van der Waals surface area (Å²) < 4.78 is 53.8. The molecule has 0 saturated heterocycles. The number of esters is 1. The van der Waals surface area contributed by atoms with Gasteiger partial charge in [0.25, 0.3) is 0 Å². The first-order chi connectivity index (χ1) is 30.8. The standard InChI is InChI=1S/C50H62FN3O4.C2HF3O2/c1-7-47(57)58-38-33-31-37(32-34-38)48(51)43(55)27-13-9-8-10-21-35-52-46(56)30-16-12-22-36-54-42-26-20-18-24-40(42)50(4,5)45(54)29-15-11-14-28-44-49(2,3)39-23-17-19-25-41(39)53(44)6;3-2(4,5)1(6)7/h11,14-15,17-20,23-26,28-29,31-34,48H,7-10,12-13,16,21-22,27,30,35-36H2,1-6H3;(H,6,7)/p+1. The summed E-state index contributed by atoms with van der Waals surface area (Å²) in [4.78, 5) is 47.7. The molecule has 5 rings (SSSR count). The monoisotopic (exact) mass is 902 g/mol. The van der Waals surface area contributed by atoms with Crippen molar-refractivity contribution in [2.75, 3.05) is 25.0 Å². The molecule has 0 bridgehead atoms. The number of halogens is 4. The van der Waals surface area contributed by atoms with Gasteiger partial charge in [0.1, 0.15) is 12.8 Å². The Labute approximate surface area is 381 Å². The predicted molar refractivity (Wildman–Crippen MR) is 248 cm³/mol. The summed E-state index contributed by atoms with van der Waals surface area (Å²) in [6.45, 7) is 12.4. The molecule has 3 aromatic rings. The number of fused-ring (bicyclic) bond motifs is 2. The van der Waals surface area contributed by atoms with Gasteiger partial charge in [0.15, 0.2) is 17.7 Å². The number of ether oxygens (including phenoxy) is 1. The Morgan fingerprint density at radius 1 is 0.785 bits per heavy atom. The van der Waals surface area contributed by atoms with Crippen molar-refractivity contribution in [2.24, 2.45) is 0 Å². The van der Waals surface area contributed by atoms with Gasteiger partial charge >= 0.3 is 18.1 Å². The van der Waals surface area contributed by atoms with Crippen molar-refractivity contribution in [3.05, 3.63) is 126 Å². The Hall–Kier alpha value is -5.85. The number of hydrogen-bond donors (Lipinski definition) is 2. The Bertz CT molecular complexity index is 2240. The summed E-state index contributed by atoms with van der Waals surface area (Å²) >= 11 is 0. The third kappa shape index (κ3) is 14.3. The number of hydrogen-bond acceptors (Lipinski definition) is 6. The second kappa shape index (κ2) is 23.9. The van der Waals surface area contributed by atoms with Crippen LogP contribution in [0.25, 0.3) is 0 Å². The van der Waals surface area contributed by atoms with Crippen LogP contribution in [0.4, 0.5) is 28.9 Å². The molecule has 2 heterocycles. The van der Waals surface area contributed by atoms with Crippen molar-refractivity contribution in [2.45, 2.75) is 128 Å². The van der Waals surface area contributed by atoms with Crippen LogP contribution in [0.3, 0.4) is 0 Å². The molecule has 2 aliphatic rings. The zero-order valence-electron chi connectivity index (χ0n) is 38.5. The van der Waals surface area contributed by atoms with E-state index in [4.69, 9.17) is 14.6 Å². The van der Waals surface area contributed by atoms with E-state index in [1.807, 2.05) is 0 Å². The molecule has 0 radical (unpaired) electrons. The molecule has 0 aliphatic carbocycles. The highest BCUT2D eigenvalue weighted by atomic mass is 19.4. The van der Waals surface area contributed by atoms with Gasteiger partial charge in [-0.15, -0.1) is 0 Å². The van der Waals surface area contributed by atoms with Crippen LogP contribution in [0.5, 0.6) is 5.75 Å². The van der Waals surface area contributed by atoms with E-state index in [0.29, 0.717) is 25.1 Å². The lowest BCUT2D eigenvalue weighted by Gasteiger charge is -2.27. The molecule has 2 N–H and O–H groups in total. The lowest BCUT2D eigenvalue weighted by molar-refractivity contribution is -0.401. The van der Waals surface area contributed by atoms with Crippen LogP contribution in [-0.4, -0.2) is 65.3 Å². The number of carbonyl (C=O) groups excluding carboxylic acids is 3. The van der Waals surface area contributed by atoms with Crippen molar-refractivity contribution >= 4 is 40.7 Å². The summed E-state index contributed by atoms with van der Waals surface area (Å²) in [7, 11) is 2.15. The fourth-order valence-electron chi connectivity index (χ4n) is 8.27. The third-order valence-electron chi connectivity index (χ3n) is 11.9. The number of amides is 1. The molecule has 0 fully saturated rings.